The van der Waals surface area contributed by atoms with Gasteiger partial charge in [0.05, 0.1) is 31.5 Å². The van der Waals surface area contributed by atoms with Gasteiger partial charge in [-0.25, -0.2) is 0 Å². The van der Waals surface area contributed by atoms with Crippen LogP contribution in [-0.2, 0) is 25.4 Å². The van der Waals surface area contributed by atoms with Gasteiger partial charge in [0.2, 0.25) is 5.91 Å². The predicted molar refractivity (Wildman–Crippen MR) is 83.3 cm³/mol. The van der Waals surface area contributed by atoms with E-state index >= 15 is 0 Å². The molecular formula is C14H20BNO5S. The van der Waals surface area contributed by atoms with Crippen molar-refractivity contribution in [1.29, 1.82) is 0 Å². The van der Waals surface area contributed by atoms with Crippen LogP contribution in [0.2, 0.25) is 0 Å². The van der Waals surface area contributed by atoms with Gasteiger partial charge in [-0.3, -0.25) is 9.59 Å². The van der Waals surface area contributed by atoms with Crippen molar-refractivity contribution in [3.8, 4) is 0 Å². The number of hydrogen-bond acceptors (Lipinski definition) is 6. The Morgan fingerprint density at radius 2 is 2.36 bits per heavy atom. The molecule has 2 heterocycles. The number of esters is 1. The van der Waals surface area contributed by atoms with Gasteiger partial charge in [0.15, 0.2) is 0 Å². The summed E-state index contributed by atoms with van der Waals surface area (Å²) in [5.74, 6) is -0.912. The molecule has 1 aromatic rings. The molecule has 0 saturated carbocycles. The third-order valence-corrected chi connectivity index (χ3v) is 4.31. The fourth-order valence-electron chi connectivity index (χ4n) is 2.40. The lowest BCUT2D eigenvalue weighted by molar-refractivity contribution is -0.145. The first kappa shape index (κ1) is 17.0. The molecule has 2 N–H and O–H groups in total. The number of nitrogens with one attached hydrogen (secondary N) is 1. The number of ether oxygens (including phenoxy) is 1. The minimum absolute atomic E-state index is 0.126. The fourth-order valence-corrected chi connectivity index (χ4v) is 3.10. The number of thiophene rings is 1. The van der Waals surface area contributed by atoms with Crippen LogP contribution in [0.1, 0.15) is 31.1 Å². The first-order valence-electron chi connectivity index (χ1n) is 7.39. The number of hydrogen-bond donors (Lipinski definition) is 2. The molecule has 1 aliphatic rings. The SMILES string of the molecule is CCOC(=O)CC1CCC(NC(=O)Cc2cccs2)B(O)O1. The lowest BCUT2D eigenvalue weighted by Crippen LogP contribution is -2.53. The smallest absolute Gasteiger partial charge is 0.466 e. The summed E-state index contributed by atoms with van der Waals surface area (Å²) in [6.07, 6.45) is 1.23. The topological polar surface area (TPSA) is 84.9 Å². The van der Waals surface area contributed by atoms with Gasteiger partial charge in [0.25, 0.3) is 0 Å². The number of carbonyl (C=O) groups excluding carboxylic acids is 2. The molecule has 8 heteroatoms. The van der Waals surface area contributed by atoms with Crippen LogP contribution in [0.25, 0.3) is 0 Å². The fraction of sp³-hybridized carbons (Fsp3) is 0.571. The van der Waals surface area contributed by atoms with Gasteiger partial charge in [-0.05, 0) is 31.2 Å². The maximum absolute atomic E-state index is 11.9. The summed E-state index contributed by atoms with van der Waals surface area (Å²) in [5, 5.41) is 14.7. The third kappa shape index (κ3) is 5.12. The second kappa shape index (κ2) is 8.31. The standard InChI is InChI=1S/C14H20BNO5S/c1-2-20-14(18)8-10-5-6-12(15(19)21-10)16-13(17)9-11-4-3-7-22-11/h3-4,7,10,12,19H,2,5-6,8-9H2,1H3,(H,16,17). The highest BCUT2D eigenvalue weighted by atomic mass is 32.1. The normalized spacial score (nSPS) is 21.5. The molecular weight excluding hydrogens is 305 g/mol. The minimum Gasteiger partial charge on any atom is -0.466 e. The summed E-state index contributed by atoms with van der Waals surface area (Å²) in [4.78, 5) is 24.3. The van der Waals surface area contributed by atoms with Crippen LogP contribution >= 0.6 is 11.3 Å². The first-order valence-corrected chi connectivity index (χ1v) is 8.27. The van der Waals surface area contributed by atoms with Crippen molar-refractivity contribution in [3.05, 3.63) is 22.4 Å². The maximum Gasteiger partial charge on any atom is 0.478 e. The molecule has 1 saturated heterocycles. The number of rotatable bonds is 6. The molecule has 22 heavy (non-hydrogen) atoms. The van der Waals surface area contributed by atoms with E-state index in [-0.39, 0.29) is 24.4 Å². The Hall–Kier alpha value is -1.38. The van der Waals surface area contributed by atoms with Crippen molar-refractivity contribution in [1.82, 2.24) is 5.32 Å². The zero-order valence-corrected chi connectivity index (χ0v) is 13.3. The molecule has 2 rings (SSSR count). The quantitative estimate of drug-likeness (QED) is 0.600. The van der Waals surface area contributed by atoms with Crippen molar-refractivity contribution in [3.63, 3.8) is 0 Å². The molecule has 6 nitrogen and oxygen atoms in total. The largest absolute Gasteiger partial charge is 0.478 e. The second-order valence-electron chi connectivity index (χ2n) is 5.17. The van der Waals surface area contributed by atoms with Crippen LogP contribution in [0.3, 0.4) is 0 Å². The van der Waals surface area contributed by atoms with Gasteiger partial charge >= 0.3 is 13.1 Å². The number of carbonyl (C=O) groups is 2. The second-order valence-corrected chi connectivity index (χ2v) is 6.20. The van der Waals surface area contributed by atoms with Gasteiger partial charge in [-0.2, -0.15) is 0 Å². The number of amides is 1. The molecule has 0 radical (unpaired) electrons. The van der Waals surface area contributed by atoms with Crippen LogP contribution in [0.15, 0.2) is 17.5 Å². The third-order valence-electron chi connectivity index (χ3n) is 3.44. The summed E-state index contributed by atoms with van der Waals surface area (Å²) in [5.41, 5.74) is 0. The highest BCUT2D eigenvalue weighted by Crippen LogP contribution is 2.19. The Kier molecular flexibility index (Phi) is 6.41. The minimum atomic E-state index is -1.10. The van der Waals surface area contributed by atoms with Crippen molar-refractivity contribution in [2.45, 2.75) is 44.7 Å². The van der Waals surface area contributed by atoms with E-state index in [4.69, 9.17) is 9.39 Å². The lowest BCUT2D eigenvalue weighted by atomic mass is 9.72. The van der Waals surface area contributed by atoms with Crippen molar-refractivity contribution < 1.29 is 24.0 Å². The van der Waals surface area contributed by atoms with Gasteiger partial charge in [0, 0.05) is 4.88 Å². The molecule has 0 spiro atoms. The van der Waals surface area contributed by atoms with E-state index in [2.05, 4.69) is 5.32 Å². The Bertz CT molecular complexity index is 495. The van der Waals surface area contributed by atoms with Crippen molar-refractivity contribution in [2.24, 2.45) is 0 Å². The molecule has 120 valence electrons. The van der Waals surface area contributed by atoms with E-state index in [1.165, 1.54) is 11.3 Å². The van der Waals surface area contributed by atoms with Crippen LogP contribution in [-0.4, -0.2) is 42.7 Å². The molecule has 2 atom stereocenters. The Morgan fingerprint density at radius 1 is 1.55 bits per heavy atom. The van der Waals surface area contributed by atoms with Gasteiger partial charge in [0.1, 0.15) is 0 Å². The molecule has 1 aromatic heterocycles. The van der Waals surface area contributed by atoms with Crippen molar-refractivity contribution in [2.75, 3.05) is 6.61 Å². The zero-order chi connectivity index (χ0) is 15.9. The van der Waals surface area contributed by atoms with E-state index in [0.717, 1.165) is 4.88 Å². The highest BCUT2D eigenvalue weighted by molar-refractivity contribution is 7.10. The summed E-state index contributed by atoms with van der Waals surface area (Å²) in [7, 11) is -1.10. The van der Waals surface area contributed by atoms with E-state index in [1.807, 2.05) is 17.5 Å². The van der Waals surface area contributed by atoms with Gasteiger partial charge in [-0.15, -0.1) is 11.3 Å². The molecule has 0 aromatic carbocycles. The van der Waals surface area contributed by atoms with Crippen LogP contribution < -0.4 is 5.32 Å². The van der Waals surface area contributed by atoms with E-state index < -0.39 is 13.1 Å². The molecule has 0 bridgehead atoms. The Morgan fingerprint density at radius 3 is 3.00 bits per heavy atom. The molecule has 1 fully saturated rings. The van der Waals surface area contributed by atoms with Crippen molar-refractivity contribution >= 4 is 30.3 Å². The Balaban J connectivity index is 1.75. The highest BCUT2D eigenvalue weighted by Gasteiger charge is 2.36. The predicted octanol–water partition coefficient (Wildman–Crippen LogP) is 0.927. The first-order chi connectivity index (χ1) is 10.6. The van der Waals surface area contributed by atoms with E-state index in [9.17, 15) is 14.6 Å². The van der Waals surface area contributed by atoms with Crippen LogP contribution in [0.5, 0.6) is 0 Å². The summed E-state index contributed by atoms with van der Waals surface area (Å²) >= 11 is 1.52. The summed E-state index contributed by atoms with van der Waals surface area (Å²) < 4.78 is 10.3. The molecule has 0 aliphatic carbocycles. The molecule has 1 amide bonds. The average molecular weight is 325 g/mol. The zero-order valence-electron chi connectivity index (χ0n) is 12.5. The summed E-state index contributed by atoms with van der Waals surface area (Å²) in [6.45, 7) is 2.07. The monoisotopic (exact) mass is 325 g/mol. The lowest BCUT2D eigenvalue weighted by Gasteiger charge is -2.31. The van der Waals surface area contributed by atoms with E-state index in [0.29, 0.717) is 25.9 Å². The Labute approximate surface area is 134 Å². The molecule has 1 aliphatic heterocycles. The van der Waals surface area contributed by atoms with Crippen LogP contribution in [0, 0.1) is 0 Å². The van der Waals surface area contributed by atoms with E-state index in [1.54, 1.807) is 6.92 Å². The average Bonchev–Trinajstić information content (AvgIpc) is 2.95. The maximum atomic E-state index is 11.9. The summed E-state index contributed by atoms with van der Waals surface area (Å²) in [6, 6.07) is 3.79. The van der Waals surface area contributed by atoms with Crippen LogP contribution in [0.4, 0.5) is 0 Å². The molecule has 2 unspecified atom stereocenters. The van der Waals surface area contributed by atoms with Gasteiger partial charge in [-0.1, -0.05) is 6.07 Å². The van der Waals surface area contributed by atoms with Gasteiger partial charge < -0.3 is 19.7 Å².